The molecule has 1 N–H and O–H groups in total. The van der Waals surface area contributed by atoms with Crippen LogP contribution in [0, 0.1) is 11.3 Å². The van der Waals surface area contributed by atoms with Gasteiger partial charge in [-0.05, 0) is 53.2 Å². The van der Waals surface area contributed by atoms with Crippen LogP contribution in [-0.4, -0.2) is 12.5 Å². The Morgan fingerprint density at radius 2 is 2.27 bits per heavy atom. The summed E-state index contributed by atoms with van der Waals surface area (Å²) in [6.45, 7) is 2.44. The monoisotopic (exact) mass is 376 g/mol. The van der Waals surface area contributed by atoms with Crippen LogP contribution in [0.4, 0.5) is 5.69 Å². The van der Waals surface area contributed by atoms with E-state index in [4.69, 9.17) is 4.74 Å². The van der Waals surface area contributed by atoms with E-state index >= 15 is 0 Å². The lowest BCUT2D eigenvalue weighted by Crippen LogP contribution is -2.13. The van der Waals surface area contributed by atoms with Crippen molar-refractivity contribution < 1.29 is 9.53 Å². The van der Waals surface area contributed by atoms with Crippen molar-refractivity contribution in [3.05, 3.63) is 50.6 Å². The summed E-state index contributed by atoms with van der Waals surface area (Å²) in [5, 5.41) is 11.9. The van der Waals surface area contributed by atoms with E-state index in [1.165, 1.54) is 11.3 Å². The Balaban J connectivity index is 2.14. The highest BCUT2D eigenvalue weighted by Crippen LogP contribution is 2.24. The molecule has 4 nitrogen and oxygen atoms in total. The fourth-order valence-electron chi connectivity index (χ4n) is 1.73. The first kappa shape index (κ1) is 16.3. The van der Waals surface area contributed by atoms with E-state index in [0.717, 1.165) is 8.66 Å². The van der Waals surface area contributed by atoms with E-state index in [1.807, 2.05) is 31.2 Å². The van der Waals surface area contributed by atoms with Crippen molar-refractivity contribution in [2.45, 2.75) is 6.92 Å². The number of hydrogen-bond acceptors (Lipinski definition) is 4. The van der Waals surface area contributed by atoms with E-state index < -0.39 is 5.91 Å². The van der Waals surface area contributed by atoms with Gasteiger partial charge in [-0.3, -0.25) is 4.79 Å². The van der Waals surface area contributed by atoms with Crippen molar-refractivity contribution in [2.24, 2.45) is 0 Å². The number of thiophene rings is 1. The highest BCUT2D eigenvalue weighted by molar-refractivity contribution is 9.11. The molecule has 0 unspecified atom stereocenters. The van der Waals surface area contributed by atoms with Gasteiger partial charge in [0.1, 0.15) is 17.4 Å². The van der Waals surface area contributed by atoms with Gasteiger partial charge in [-0.1, -0.05) is 6.07 Å². The number of carbonyl (C=O) groups is 1. The molecule has 112 valence electrons. The maximum atomic E-state index is 12.2. The molecule has 1 aromatic carbocycles. The van der Waals surface area contributed by atoms with Crippen molar-refractivity contribution in [3.8, 4) is 11.8 Å². The molecule has 0 saturated carbocycles. The van der Waals surface area contributed by atoms with Gasteiger partial charge in [-0.2, -0.15) is 5.26 Å². The maximum Gasteiger partial charge on any atom is 0.266 e. The average Bonchev–Trinajstić information content (AvgIpc) is 2.90. The van der Waals surface area contributed by atoms with Gasteiger partial charge in [-0.15, -0.1) is 11.3 Å². The van der Waals surface area contributed by atoms with Crippen LogP contribution in [0.2, 0.25) is 0 Å². The van der Waals surface area contributed by atoms with Crippen LogP contribution in [-0.2, 0) is 4.79 Å². The minimum absolute atomic E-state index is 0.0520. The second-order valence-electron chi connectivity index (χ2n) is 4.23. The number of halogens is 1. The van der Waals surface area contributed by atoms with Crippen LogP contribution in [0.5, 0.6) is 5.75 Å². The number of nitrogens with zero attached hydrogens (tertiary/aromatic N) is 1. The van der Waals surface area contributed by atoms with E-state index in [0.29, 0.717) is 18.0 Å². The first-order valence-corrected chi connectivity index (χ1v) is 8.14. The third-order valence-corrected chi connectivity index (χ3v) is 4.22. The van der Waals surface area contributed by atoms with Crippen LogP contribution in [0.25, 0.3) is 6.08 Å². The Hall–Kier alpha value is -2.10. The summed E-state index contributed by atoms with van der Waals surface area (Å²) in [5.74, 6) is 0.227. The Kier molecular flexibility index (Phi) is 5.75. The molecule has 0 saturated heterocycles. The molecule has 2 aromatic rings. The van der Waals surface area contributed by atoms with E-state index in [-0.39, 0.29) is 5.57 Å². The zero-order chi connectivity index (χ0) is 15.9. The number of amides is 1. The average molecular weight is 377 g/mol. The van der Waals surface area contributed by atoms with Gasteiger partial charge >= 0.3 is 0 Å². The van der Waals surface area contributed by atoms with E-state index in [9.17, 15) is 10.1 Å². The third-order valence-electron chi connectivity index (χ3n) is 2.65. The Morgan fingerprint density at radius 1 is 1.45 bits per heavy atom. The number of nitrogens with one attached hydrogen (secondary N) is 1. The van der Waals surface area contributed by atoms with E-state index in [1.54, 1.807) is 24.3 Å². The van der Waals surface area contributed by atoms with Gasteiger partial charge in [-0.25, -0.2) is 0 Å². The Morgan fingerprint density at radius 3 is 2.91 bits per heavy atom. The first-order valence-electron chi connectivity index (χ1n) is 6.53. The second kappa shape index (κ2) is 7.78. The first-order chi connectivity index (χ1) is 10.6. The van der Waals surface area contributed by atoms with Crippen LogP contribution in [0.15, 0.2) is 45.8 Å². The lowest BCUT2D eigenvalue weighted by atomic mass is 10.2. The fraction of sp³-hybridized carbons (Fsp3) is 0.125. The van der Waals surface area contributed by atoms with Crippen LogP contribution in [0.1, 0.15) is 11.8 Å². The molecule has 1 aromatic heterocycles. The lowest BCUT2D eigenvalue weighted by Gasteiger charge is -2.07. The quantitative estimate of drug-likeness (QED) is 0.618. The molecule has 0 aliphatic heterocycles. The predicted molar refractivity (Wildman–Crippen MR) is 91.8 cm³/mol. The summed E-state index contributed by atoms with van der Waals surface area (Å²) < 4.78 is 6.32. The molecule has 1 heterocycles. The summed E-state index contributed by atoms with van der Waals surface area (Å²) in [4.78, 5) is 13.0. The Labute approximate surface area is 141 Å². The SMILES string of the molecule is CCOc1cccc(NC(=O)/C(C#N)=C\c2ccc(Br)s2)c1. The summed E-state index contributed by atoms with van der Waals surface area (Å²) in [6, 6.07) is 12.7. The highest BCUT2D eigenvalue weighted by atomic mass is 79.9. The van der Waals surface area contributed by atoms with Gasteiger partial charge in [0.05, 0.1) is 10.4 Å². The molecule has 0 aliphatic rings. The number of carbonyl (C=O) groups excluding carboxylic acids is 1. The molecule has 1 amide bonds. The number of anilines is 1. The third kappa shape index (κ3) is 4.45. The topological polar surface area (TPSA) is 62.1 Å². The molecule has 0 aliphatic carbocycles. The predicted octanol–water partition coefficient (Wildman–Crippen LogP) is 4.45. The lowest BCUT2D eigenvalue weighted by molar-refractivity contribution is -0.112. The molecular formula is C16H13BrN2O2S. The number of nitriles is 1. The molecule has 0 radical (unpaired) electrons. The largest absolute Gasteiger partial charge is 0.494 e. The minimum atomic E-state index is -0.444. The minimum Gasteiger partial charge on any atom is -0.494 e. The summed E-state index contributed by atoms with van der Waals surface area (Å²) in [7, 11) is 0. The van der Waals surface area contributed by atoms with Gasteiger partial charge in [0.2, 0.25) is 0 Å². The molecular weight excluding hydrogens is 364 g/mol. The Bertz CT molecular complexity index is 747. The van der Waals surface area contributed by atoms with Crippen molar-refractivity contribution in [1.29, 1.82) is 5.26 Å². The summed E-state index contributed by atoms with van der Waals surface area (Å²) >= 11 is 4.80. The summed E-state index contributed by atoms with van der Waals surface area (Å²) in [6.07, 6.45) is 1.57. The second-order valence-corrected chi connectivity index (χ2v) is 6.72. The van der Waals surface area contributed by atoms with Crippen LogP contribution in [0.3, 0.4) is 0 Å². The van der Waals surface area contributed by atoms with Gasteiger partial charge in [0, 0.05) is 16.6 Å². The van der Waals surface area contributed by atoms with Crippen molar-refractivity contribution in [3.63, 3.8) is 0 Å². The zero-order valence-corrected chi connectivity index (χ0v) is 14.2. The molecule has 0 bridgehead atoms. The molecule has 22 heavy (non-hydrogen) atoms. The van der Waals surface area contributed by atoms with Crippen LogP contribution >= 0.6 is 27.3 Å². The summed E-state index contributed by atoms with van der Waals surface area (Å²) in [5.41, 5.74) is 0.639. The molecule has 0 atom stereocenters. The van der Waals surface area contributed by atoms with Crippen molar-refractivity contribution in [1.82, 2.24) is 0 Å². The number of ether oxygens (including phenoxy) is 1. The van der Waals surface area contributed by atoms with Gasteiger partial charge in [0.25, 0.3) is 5.91 Å². The number of hydrogen-bond donors (Lipinski definition) is 1. The molecule has 2 rings (SSSR count). The number of rotatable bonds is 5. The van der Waals surface area contributed by atoms with E-state index in [2.05, 4.69) is 21.2 Å². The zero-order valence-electron chi connectivity index (χ0n) is 11.8. The highest BCUT2D eigenvalue weighted by Gasteiger charge is 2.10. The maximum absolute atomic E-state index is 12.2. The van der Waals surface area contributed by atoms with Crippen molar-refractivity contribution in [2.75, 3.05) is 11.9 Å². The molecule has 0 spiro atoms. The van der Waals surface area contributed by atoms with Gasteiger partial charge in [0.15, 0.2) is 0 Å². The number of benzene rings is 1. The molecule has 0 fully saturated rings. The van der Waals surface area contributed by atoms with Gasteiger partial charge < -0.3 is 10.1 Å². The molecule has 6 heteroatoms. The van der Waals surface area contributed by atoms with Crippen molar-refractivity contribution >= 4 is 44.9 Å². The fourth-order valence-corrected chi connectivity index (χ4v) is 3.09. The standard InChI is InChI=1S/C16H13BrN2O2S/c1-2-21-13-5-3-4-12(9-13)19-16(20)11(10-18)8-14-6-7-15(17)22-14/h3-9H,2H2,1H3,(H,19,20)/b11-8-. The normalized spacial score (nSPS) is 10.9. The van der Waals surface area contributed by atoms with Crippen LogP contribution < -0.4 is 10.1 Å². The smallest absolute Gasteiger partial charge is 0.266 e.